The number of amides is 1. The lowest BCUT2D eigenvalue weighted by molar-refractivity contribution is -0.115. The highest BCUT2D eigenvalue weighted by Crippen LogP contribution is 2.32. The van der Waals surface area contributed by atoms with Crippen molar-refractivity contribution in [2.75, 3.05) is 18.4 Å². The van der Waals surface area contributed by atoms with Gasteiger partial charge in [0.15, 0.2) is 0 Å². The van der Waals surface area contributed by atoms with Crippen LogP contribution in [0, 0.1) is 6.92 Å². The third-order valence-electron chi connectivity index (χ3n) is 2.12. The predicted octanol–water partition coefficient (Wildman–Crippen LogP) is 3.02. The first-order valence-corrected chi connectivity index (χ1v) is 5.88. The van der Waals surface area contributed by atoms with Crippen LogP contribution in [0.25, 0.3) is 0 Å². The zero-order valence-electron chi connectivity index (χ0n) is 9.52. The minimum atomic E-state index is -0.193. The molecule has 0 aliphatic rings. The zero-order valence-corrected chi connectivity index (χ0v) is 11.0. The van der Waals surface area contributed by atoms with Gasteiger partial charge in [-0.25, -0.2) is 0 Å². The largest absolute Gasteiger partial charge is 0.322 e. The Bertz CT molecular complexity index is 433. The van der Waals surface area contributed by atoms with Crippen molar-refractivity contribution in [3.8, 4) is 0 Å². The Kier molecular flexibility index (Phi) is 5.48. The summed E-state index contributed by atoms with van der Waals surface area (Å²) in [6, 6.07) is 3.51. The molecule has 0 atom stereocenters. The number of aryl methyl sites for hydroxylation is 1. The molecule has 0 radical (unpaired) electrons. The lowest BCUT2D eigenvalue weighted by Crippen LogP contribution is -2.28. The summed E-state index contributed by atoms with van der Waals surface area (Å²) in [5.41, 5.74) is 1.32. The normalized spacial score (nSPS) is 10.1. The van der Waals surface area contributed by atoms with Crippen LogP contribution in [0.3, 0.4) is 0 Å². The highest BCUT2D eigenvalue weighted by atomic mass is 35.5. The number of benzene rings is 1. The van der Waals surface area contributed by atoms with Gasteiger partial charge in [0.2, 0.25) is 5.91 Å². The maximum Gasteiger partial charge on any atom is 0.238 e. The van der Waals surface area contributed by atoms with E-state index in [1.165, 1.54) is 0 Å². The van der Waals surface area contributed by atoms with Crippen LogP contribution < -0.4 is 10.6 Å². The van der Waals surface area contributed by atoms with Crippen LogP contribution in [0.5, 0.6) is 0 Å². The van der Waals surface area contributed by atoms with Crippen molar-refractivity contribution in [2.24, 2.45) is 0 Å². The van der Waals surface area contributed by atoms with Gasteiger partial charge >= 0.3 is 0 Å². The van der Waals surface area contributed by atoms with E-state index in [1.807, 2.05) is 6.92 Å². The Hall–Kier alpha value is -1.03. The van der Waals surface area contributed by atoms with Crippen LogP contribution in [-0.2, 0) is 4.79 Å². The summed E-state index contributed by atoms with van der Waals surface area (Å²) >= 11 is 12.0. The number of nitrogens with one attached hydrogen (secondary N) is 2. The standard InChI is InChI=1S/C12H14Cl2N2O/c1-3-6-15-7-10(17)16-12-9(13)5-4-8(2)11(12)14/h3-5,15H,1,6-7H2,2H3,(H,16,17). The quantitative estimate of drug-likeness (QED) is 0.639. The molecule has 0 spiro atoms. The molecular formula is C12H14Cl2N2O. The van der Waals surface area contributed by atoms with Gasteiger partial charge in [-0.1, -0.05) is 35.3 Å². The number of anilines is 1. The van der Waals surface area contributed by atoms with Crippen LogP contribution >= 0.6 is 23.2 Å². The first-order chi connectivity index (χ1) is 8.06. The maximum atomic E-state index is 11.6. The minimum Gasteiger partial charge on any atom is -0.322 e. The van der Waals surface area contributed by atoms with Gasteiger partial charge in [-0.3, -0.25) is 4.79 Å². The predicted molar refractivity (Wildman–Crippen MR) is 72.9 cm³/mol. The Balaban J connectivity index is 2.71. The van der Waals surface area contributed by atoms with Gasteiger partial charge in [0, 0.05) is 6.54 Å². The molecule has 2 N–H and O–H groups in total. The molecule has 1 amide bonds. The summed E-state index contributed by atoms with van der Waals surface area (Å²) in [7, 11) is 0. The van der Waals surface area contributed by atoms with Crippen molar-refractivity contribution >= 4 is 34.8 Å². The van der Waals surface area contributed by atoms with Crippen molar-refractivity contribution in [1.29, 1.82) is 0 Å². The van der Waals surface area contributed by atoms with Crippen LogP contribution in [0.15, 0.2) is 24.8 Å². The van der Waals surface area contributed by atoms with Crippen molar-refractivity contribution in [3.05, 3.63) is 40.4 Å². The van der Waals surface area contributed by atoms with Gasteiger partial charge in [0.25, 0.3) is 0 Å². The Morgan fingerprint density at radius 2 is 2.18 bits per heavy atom. The molecular weight excluding hydrogens is 259 g/mol. The Morgan fingerprint density at radius 1 is 1.47 bits per heavy atom. The summed E-state index contributed by atoms with van der Waals surface area (Å²) in [6.45, 7) is 6.16. The van der Waals surface area contributed by atoms with E-state index in [0.29, 0.717) is 22.3 Å². The maximum absolute atomic E-state index is 11.6. The van der Waals surface area contributed by atoms with Gasteiger partial charge in [-0.15, -0.1) is 6.58 Å². The molecule has 0 aliphatic heterocycles. The number of hydrogen-bond donors (Lipinski definition) is 2. The molecule has 0 unspecified atom stereocenters. The number of halogens is 2. The lowest BCUT2D eigenvalue weighted by atomic mass is 10.2. The summed E-state index contributed by atoms with van der Waals surface area (Å²) < 4.78 is 0. The fourth-order valence-corrected chi connectivity index (χ4v) is 1.71. The molecule has 5 heteroatoms. The Morgan fingerprint density at radius 3 is 2.82 bits per heavy atom. The average molecular weight is 273 g/mol. The molecule has 1 rings (SSSR count). The second kappa shape index (κ2) is 6.64. The van der Waals surface area contributed by atoms with Gasteiger partial charge in [-0.2, -0.15) is 0 Å². The van der Waals surface area contributed by atoms with Gasteiger partial charge in [0.1, 0.15) is 0 Å². The van der Waals surface area contributed by atoms with Gasteiger partial charge < -0.3 is 10.6 Å². The molecule has 0 aliphatic carbocycles. The molecule has 0 saturated carbocycles. The van der Waals surface area contributed by atoms with Crippen molar-refractivity contribution < 1.29 is 4.79 Å². The number of rotatable bonds is 5. The van der Waals surface area contributed by atoms with Crippen LogP contribution in [-0.4, -0.2) is 19.0 Å². The third-order valence-corrected chi connectivity index (χ3v) is 2.92. The van der Waals surface area contributed by atoms with Crippen molar-refractivity contribution in [1.82, 2.24) is 5.32 Å². The molecule has 0 bridgehead atoms. The molecule has 0 fully saturated rings. The smallest absolute Gasteiger partial charge is 0.238 e. The lowest BCUT2D eigenvalue weighted by Gasteiger charge is -2.11. The van der Waals surface area contributed by atoms with Crippen LogP contribution in [0.1, 0.15) is 5.56 Å². The van der Waals surface area contributed by atoms with Crippen LogP contribution in [0.4, 0.5) is 5.69 Å². The van der Waals surface area contributed by atoms with E-state index in [2.05, 4.69) is 17.2 Å². The fraction of sp³-hybridized carbons (Fsp3) is 0.250. The molecule has 0 heterocycles. The molecule has 1 aromatic rings. The van der Waals surface area contributed by atoms with E-state index < -0.39 is 0 Å². The molecule has 92 valence electrons. The van der Waals surface area contributed by atoms with E-state index in [1.54, 1.807) is 18.2 Å². The monoisotopic (exact) mass is 272 g/mol. The van der Waals surface area contributed by atoms with Crippen molar-refractivity contribution in [2.45, 2.75) is 6.92 Å². The topological polar surface area (TPSA) is 41.1 Å². The second-order valence-electron chi connectivity index (χ2n) is 3.52. The van der Waals surface area contributed by atoms with E-state index in [0.717, 1.165) is 5.56 Å². The molecule has 1 aromatic carbocycles. The second-order valence-corrected chi connectivity index (χ2v) is 4.31. The number of carbonyl (C=O) groups is 1. The SMILES string of the molecule is C=CCNCC(=O)Nc1c(Cl)ccc(C)c1Cl. The first-order valence-electron chi connectivity index (χ1n) is 5.12. The fourth-order valence-electron chi connectivity index (χ4n) is 1.24. The minimum absolute atomic E-state index is 0.187. The third kappa shape index (κ3) is 4.04. The van der Waals surface area contributed by atoms with Crippen LogP contribution in [0.2, 0.25) is 10.0 Å². The number of carbonyl (C=O) groups excluding carboxylic acids is 1. The highest BCUT2D eigenvalue weighted by molar-refractivity contribution is 6.40. The molecule has 17 heavy (non-hydrogen) atoms. The van der Waals surface area contributed by atoms with Gasteiger partial charge in [0.05, 0.1) is 22.3 Å². The molecule has 0 aromatic heterocycles. The van der Waals surface area contributed by atoms with Crippen molar-refractivity contribution in [3.63, 3.8) is 0 Å². The first kappa shape index (κ1) is 14.0. The summed E-state index contributed by atoms with van der Waals surface area (Å²) in [6.07, 6.45) is 1.68. The highest BCUT2D eigenvalue weighted by Gasteiger charge is 2.11. The average Bonchev–Trinajstić information content (AvgIpc) is 2.30. The van der Waals surface area contributed by atoms with E-state index in [-0.39, 0.29) is 12.5 Å². The van der Waals surface area contributed by atoms with E-state index in [4.69, 9.17) is 23.2 Å². The summed E-state index contributed by atoms with van der Waals surface area (Å²) in [5.74, 6) is -0.193. The Labute approximate surface area is 111 Å². The molecule has 0 saturated heterocycles. The van der Waals surface area contributed by atoms with Gasteiger partial charge in [-0.05, 0) is 18.6 Å². The van der Waals surface area contributed by atoms with E-state index >= 15 is 0 Å². The summed E-state index contributed by atoms with van der Waals surface area (Å²) in [5, 5.41) is 6.47. The summed E-state index contributed by atoms with van der Waals surface area (Å²) in [4.78, 5) is 11.6. The van der Waals surface area contributed by atoms with E-state index in [9.17, 15) is 4.79 Å². The zero-order chi connectivity index (χ0) is 12.8. The number of hydrogen-bond acceptors (Lipinski definition) is 2. The molecule has 3 nitrogen and oxygen atoms in total.